The SMILES string of the molecule is COC(=O)[C@H](Cc1ccccc1OC)NC(=O)c1cccnc1. The second-order valence-corrected chi connectivity index (χ2v) is 4.81. The van der Waals surface area contributed by atoms with Gasteiger partial charge in [0.1, 0.15) is 11.8 Å². The average molecular weight is 314 g/mol. The van der Waals surface area contributed by atoms with Gasteiger partial charge in [-0.3, -0.25) is 9.78 Å². The lowest BCUT2D eigenvalue weighted by molar-refractivity contribution is -0.142. The first-order chi connectivity index (χ1) is 11.2. The molecule has 0 unspecified atom stereocenters. The predicted octanol–water partition coefficient (Wildman–Crippen LogP) is 1.60. The van der Waals surface area contributed by atoms with Crippen molar-refractivity contribution in [3.05, 3.63) is 59.9 Å². The maximum absolute atomic E-state index is 12.2. The zero-order valence-corrected chi connectivity index (χ0v) is 13.0. The van der Waals surface area contributed by atoms with Crippen LogP contribution in [0.1, 0.15) is 15.9 Å². The van der Waals surface area contributed by atoms with Gasteiger partial charge in [-0.1, -0.05) is 18.2 Å². The standard InChI is InChI=1S/C17H18N2O4/c1-22-15-8-4-3-6-12(15)10-14(17(21)23-2)19-16(20)13-7-5-9-18-11-13/h3-9,11,14H,10H2,1-2H3,(H,19,20)/t14-/m0/s1. The van der Waals surface area contributed by atoms with E-state index in [1.54, 1.807) is 31.5 Å². The second-order valence-electron chi connectivity index (χ2n) is 4.81. The van der Waals surface area contributed by atoms with E-state index < -0.39 is 12.0 Å². The number of carbonyl (C=O) groups excluding carboxylic acids is 2. The fourth-order valence-electron chi connectivity index (χ4n) is 2.17. The third kappa shape index (κ3) is 4.29. The van der Waals surface area contributed by atoms with Gasteiger partial charge >= 0.3 is 5.97 Å². The van der Waals surface area contributed by atoms with Crippen molar-refractivity contribution in [2.24, 2.45) is 0 Å². The highest BCUT2D eigenvalue weighted by atomic mass is 16.5. The van der Waals surface area contributed by atoms with Crippen molar-refractivity contribution < 1.29 is 19.1 Å². The normalized spacial score (nSPS) is 11.4. The molecule has 0 radical (unpaired) electrons. The highest BCUT2D eigenvalue weighted by Crippen LogP contribution is 2.19. The van der Waals surface area contributed by atoms with E-state index in [-0.39, 0.29) is 12.3 Å². The summed E-state index contributed by atoms with van der Waals surface area (Å²) >= 11 is 0. The number of aromatic nitrogens is 1. The molecule has 2 aromatic rings. The summed E-state index contributed by atoms with van der Waals surface area (Å²) in [7, 11) is 2.84. The molecule has 0 bridgehead atoms. The van der Waals surface area contributed by atoms with Gasteiger partial charge in [-0.05, 0) is 23.8 Å². The van der Waals surface area contributed by atoms with E-state index in [4.69, 9.17) is 9.47 Å². The lowest BCUT2D eigenvalue weighted by atomic mass is 10.0. The smallest absolute Gasteiger partial charge is 0.328 e. The van der Waals surface area contributed by atoms with Crippen LogP contribution in [-0.4, -0.2) is 37.1 Å². The Balaban J connectivity index is 2.17. The topological polar surface area (TPSA) is 77.5 Å². The lowest BCUT2D eigenvalue weighted by Gasteiger charge is -2.18. The number of esters is 1. The first-order valence-corrected chi connectivity index (χ1v) is 7.06. The Labute approximate surface area is 134 Å². The van der Waals surface area contributed by atoms with E-state index >= 15 is 0 Å². The molecule has 120 valence electrons. The van der Waals surface area contributed by atoms with Gasteiger partial charge in [0.05, 0.1) is 19.8 Å². The number of nitrogens with one attached hydrogen (secondary N) is 1. The first kappa shape index (κ1) is 16.5. The molecule has 1 heterocycles. The summed E-state index contributed by atoms with van der Waals surface area (Å²) in [5, 5.41) is 2.67. The van der Waals surface area contributed by atoms with Crippen LogP contribution in [0.3, 0.4) is 0 Å². The van der Waals surface area contributed by atoms with Gasteiger partial charge in [0.2, 0.25) is 0 Å². The Bertz CT molecular complexity index is 673. The minimum atomic E-state index is -0.816. The predicted molar refractivity (Wildman–Crippen MR) is 84.2 cm³/mol. The monoisotopic (exact) mass is 314 g/mol. The molecule has 0 aliphatic carbocycles. The van der Waals surface area contributed by atoms with Crippen molar-refractivity contribution >= 4 is 11.9 Å². The third-order valence-electron chi connectivity index (χ3n) is 3.33. The van der Waals surface area contributed by atoms with Crippen molar-refractivity contribution in [1.29, 1.82) is 0 Å². The maximum atomic E-state index is 12.2. The molecule has 1 amide bonds. The van der Waals surface area contributed by atoms with Crippen LogP contribution in [0.5, 0.6) is 5.75 Å². The zero-order valence-electron chi connectivity index (χ0n) is 13.0. The fourth-order valence-corrected chi connectivity index (χ4v) is 2.17. The van der Waals surface area contributed by atoms with Gasteiger partial charge in [-0.2, -0.15) is 0 Å². The highest BCUT2D eigenvalue weighted by molar-refractivity contribution is 5.96. The number of hydrogen-bond donors (Lipinski definition) is 1. The van der Waals surface area contributed by atoms with Crippen molar-refractivity contribution in [1.82, 2.24) is 10.3 Å². The molecule has 23 heavy (non-hydrogen) atoms. The van der Waals surface area contributed by atoms with Gasteiger partial charge in [0.15, 0.2) is 0 Å². The number of benzene rings is 1. The number of carbonyl (C=O) groups is 2. The lowest BCUT2D eigenvalue weighted by Crippen LogP contribution is -2.43. The first-order valence-electron chi connectivity index (χ1n) is 7.06. The van der Waals surface area contributed by atoms with Gasteiger partial charge in [-0.25, -0.2) is 4.79 Å². The zero-order chi connectivity index (χ0) is 16.7. The van der Waals surface area contributed by atoms with Crippen LogP contribution in [0.25, 0.3) is 0 Å². The van der Waals surface area contributed by atoms with E-state index in [9.17, 15) is 9.59 Å². The molecular weight excluding hydrogens is 296 g/mol. The molecule has 1 aromatic carbocycles. The largest absolute Gasteiger partial charge is 0.496 e. The molecule has 0 saturated heterocycles. The average Bonchev–Trinajstić information content (AvgIpc) is 2.61. The molecule has 1 aromatic heterocycles. The summed E-state index contributed by atoms with van der Waals surface area (Å²) < 4.78 is 10.1. The number of pyridine rings is 1. The molecule has 0 fully saturated rings. The number of rotatable bonds is 6. The molecule has 1 atom stereocenters. The van der Waals surface area contributed by atoms with Gasteiger partial charge in [0.25, 0.3) is 5.91 Å². The molecule has 0 aliphatic rings. The minimum Gasteiger partial charge on any atom is -0.496 e. The maximum Gasteiger partial charge on any atom is 0.328 e. The van der Waals surface area contributed by atoms with E-state index in [1.165, 1.54) is 13.3 Å². The van der Waals surface area contributed by atoms with Crippen LogP contribution in [0, 0.1) is 0 Å². The van der Waals surface area contributed by atoms with Crippen molar-refractivity contribution in [3.8, 4) is 5.75 Å². The Morgan fingerprint density at radius 2 is 1.96 bits per heavy atom. The van der Waals surface area contributed by atoms with Crippen LogP contribution in [0.2, 0.25) is 0 Å². The highest BCUT2D eigenvalue weighted by Gasteiger charge is 2.23. The van der Waals surface area contributed by atoms with E-state index in [0.29, 0.717) is 11.3 Å². The number of ether oxygens (including phenoxy) is 2. The van der Waals surface area contributed by atoms with Gasteiger partial charge in [-0.15, -0.1) is 0 Å². The molecule has 2 rings (SSSR count). The summed E-state index contributed by atoms with van der Waals surface area (Å²) in [6, 6.07) is 9.78. The molecule has 0 saturated carbocycles. The molecule has 6 nitrogen and oxygen atoms in total. The number of amides is 1. The summed E-state index contributed by atoms with van der Waals surface area (Å²) in [6.07, 6.45) is 3.28. The Morgan fingerprint density at radius 3 is 2.61 bits per heavy atom. The summed E-state index contributed by atoms with van der Waals surface area (Å²) in [5.74, 6) is -0.256. The number of hydrogen-bond acceptors (Lipinski definition) is 5. The van der Waals surface area contributed by atoms with E-state index in [2.05, 4.69) is 10.3 Å². The molecular formula is C17H18N2O4. The fraction of sp³-hybridized carbons (Fsp3) is 0.235. The van der Waals surface area contributed by atoms with Crippen LogP contribution < -0.4 is 10.1 Å². The Kier molecular flexibility index (Phi) is 5.68. The van der Waals surface area contributed by atoms with Crippen molar-refractivity contribution in [2.75, 3.05) is 14.2 Å². The van der Waals surface area contributed by atoms with Crippen LogP contribution in [0.15, 0.2) is 48.8 Å². The minimum absolute atomic E-state index is 0.267. The molecule has 0 aliphatic heterocycles. The Hall–Kier alpha value is -2.89. The van der Waals surface area contributed by atoms with Crippen molar-refractivity contribution in [3.63, 3.8) is 0 Å². The molecule has 6 heteroatoms. The number of para-hydroxylation sites is 1. The van der Waals surface area contributed by atoms with Crippen LogP contribution in [0.4, 0.5) is 0 Å². The molecule has 1 N–H and O–H groups in total. The van der Waals surface area contributed by atoms with Crippen molar-refractivity contribution in [2.45, 2.75) is 12.5 Å². The quantitative estimate of drug-likeness (QED) is 0.820. The summed E-state index contributed by atoms with van der Waals surface area (Å²) in [5.41, 5.74) is 1.18. The van der Waals surface area contributed by atoms with Crippen LogP contribution >= 0.6 is 0 Å². The Morgan fingerprint density at radius 1 is 1.17 bits per heavy atom. The second kappa shape index (κ2) is 7.93. The van der Waals surface area contributed by atoms with Crippen LogP contribution in [-0.2, 0) is 16.0 Å². The number of nitrogens with zero attached hydrogens (tertiary/aromatic N) is 1. The third-order valence-corrected chi connectivity index (χ3v) is 3.33. The van der Waals surface area contributed by atoms with Gasteiger partial charge < -0.3 is 14.8 Å². The van der Waals surface area contributed by atoms with E-state index in [1.807, 2.05) is 18.2 Å². The van der Waals surface area contributed by atoms with E-state index in [0.717, 1.165) is 5.56 Å². The summed E-state index contributed by atoms with van der Waals surface area (Å²) in [4.78, 5) is 28.1. The summed E-state index contributed by atoms with van der Waals surface area (Å²) in [6.45, 7) is 0. The molecule has 0 spiro atoms. The number of methoxy groups -OCH3 is 2. The van der Waals surface area contributed by atoms with Gasteiger partial charge in [0, 0.05) is 18.8 Å².